The first-order chi connectivity index (χ1) is 13.8. The van der Waals surface area contributed by atoms with Gasteiger partial charge in [0.2, 0.25) is 0 Å². The number of esters is 1. The van der Waals surface area contributed by atoms with E-state index in [0.717, 1.165) is 25.7 Å². The second-order valence-corrected chi connectivity index (χ2v) is 10.2. The number of sulfone groups is 1. The Bertz CT molecular complexity index is 905. The Labute approximate surface area is 169 Å². The molecule has 1 N–H and O–H groups in total. The molecule has 0 bridgehead atoms. The van der Waals surface area contributed by atoms with Crippen molar-refractivity contribution >= 4 is 27.4 Å². The highest BCUT2D eigenvalue weighted by atomic mass is 32.2. The Morgan fingerprint density at radius 2 is 1.90 bits per heavy atom. The van der Waals surface area contributed by atoms with Crippen LogP contribution in [-0.4, -0.2) is 44.2 Å². The molecule has 1 saturated heterocycles. The van der Waals surface area contributed by atoms with Crippen LogP contribution in [0.3, 0.4) is 0 Å². The van der Waals surface area contributed by atoms with Crippen LogP contribution in [-0.2, 0) is 24.2 Å². The van der Waals surface area contributed by atoms with E-state index in [1.54, 1.807) is 18.2 Å². The van der Waals surface area contributed by atoms with Crippen molar-refractivity contribution in [1.29, 1.82) is 0 Å². The highest BCUT2D eigenvalue weighted by Crippen LogP contribution is 2.46. The third-order valence-corrected chi connectivity index (χ3v) is 7.42. The summed E-state index contributed by atoms with van der Waals surface area (Å²) in [6, 6.07) is 5.19. The summed E-state index contributed by atoms with van der Waals surface area (Å²) in [5.41, 5.74) is 0.531. The van der Waals surface area contributed by atoms with E-state index >= 15 is 0 Å². The smallest absolute Gasteiger partial charge is 0.306 e. The largest absolute Gasteiger partial charge is 0.456 e. The van der Waals surface area contributed by atoms with Gasteiger partial charge in [0, 0.05) is 31.0 Å². The fourth-order valence-corrected chi connectivity index (χ4v) is 6.00. The lowest BCUT2D eigenvalue weighted by atomic mass is 9.94. The van der Waals surface area contributed by atoms with Crippen LogP contribution in [0.1, 0.15) is 44.9 Å². The second kappa shape index (κ2) is 7.85. The van der Waals surface area contributed by atoms with Crippen LogP contribution in [0.4, 0.5) is 5.69 Å². The summed E-state index contributed by atoms with van der Waals surface area (Å²) in [5, 5.41) is 2.68. The maximum absolute atomic E-state index is 12.1. The summed E-state index contributed by atoms with van der Waals surface area (Å²) in [6.07, 6.45) is 5.48. The second-order valence-electron chi connectivity index (χ2n) is 8.02. The van der Waals surface area contributed by atoms with Crippen molar-refractivity contribution in [2.24, 2.45) is 5.92 Å². The SMILES string of the molecule is O=C(COC(=O)C[C@@H]1CCS(=O)(=O)C1)Nc1ccc2c(c1)OC1(CCCCC1)O2. The molecule has 8 nitrogen and oxygen atoms in total. The van der Waals surface area contributed by atoms with Crippen molar-refractivity contribution in [3.05, 3.63) is 18.2 Å². The Balaban J connectivity index is 1.25. The maximum atomic E-state index is 12.1. The van der Waals surface area contributed by atoms with E-state index < -0.39 is 34.1 Å². The lowest BCUT2D eigenvalue weighted by Gasteiger charge is -2.31. The van der Waals surface area contributed by atoms with Gasteiger partial charge in [0.1, 0.15) is 0 Å². The van der Waals surface area contributed by atoms with Crippen molar-refractivity contribution in [2.75, 3.05) is 23.4 Å². The number of fused-ring (bicyclic) bond motifs is 1. The quantitative estimate of drug-likeness (QED) is 0.725. The lowest BCUT2D eigenvalue weighted by molar-refractivity contribution is -0.148. The van der Waals surface area contributed by atoms with Gasteiger partial charge in [-0.2, -0.15) is 0 Å². The molecule has 1 atom stereocenters. The molecule has 9 heteroatoms. The van der Waals surface area contributed by atoms with Crippen LogP contribution in [0.2, 0.25) is 0 Å². The Morgan fingerprint density at radius 3 is 2.62 bits per heavy atom. The van der Waals surface area contributed by atoms with Crippen molar-refractivity contribution in [3.63, 3.8) is 0 Å². The minimum Gasteiger partial charge on any atom is -0.456 e. The van der Waals surface area contributed by atoms with Crippen LogP contribution < -0.4 is 14.8 Å². The summed E-state index contributed by atoms with van der Waals surface area (Å²) in [4.78, 5) is 24.0. The van der Waals surface area contributed by atoms with E-state index in [0.29, 0.717) is 23.6 Å². The predicted octanol–water partition coefficient (Wildman–Crippen LogP) is 2.42. The molecule has 0 radical (unpaired) electrons. The summed E-state index contributed by atoms with van der Waals surface area (Å²) in [5.74, 6) is -0.449. The first-order valence-electron chi connectivity index (χ1n) is 10.0. The molecule has 1 aromatic carbocycles. The van der Waals surface area contributed by atoms with Crippen molar-refractivity contribution in [3.8, 4) is 11.5 Å². The summed E-state index contributed by atoms with van der Waals surface area (Å²) >= 11 is 0. The maximum Gasteiger partial charge on any atom is 0.306 e. The molecule has 1 saturated carbocycles. The van der Waals surface area contributed by atoms with E-state index in [1.807, 2.05) is 0 Å². The molecule has 1 aromatic rings. The number of amides is 1. The van der Waals surface area contributed by atoms with Gasteiger partial charge >= 0.3 is 5.97 Å². The van der Waals surface area contributed by atoms with Gasteiger partial charge in [0.15, 0.2) is 27.9 Å². The minimum atomic E-state index is -3.04. The predicted molar refractivity (Wildman–Crippen MR) is 104 cm³/mol. The van der Waals surface area contributed by atoms with Gasteiger partial charge in [-0.25, -0.2) is 8.42 Å². The number of anilines is 1. The Hall–Kier alpha value is -2.29. The number of benzene rings is 1. The highest BCUT2D eigenvalue weighted by Gasteiger charge is 2.42. The zero-order chi connectivity index (χ0) is 20.5. The molecule has 1 amide bonds. The lowest BCUT2D eigenvalue weighted by Crippen LogP contribution is -2.40. The topological polar surface area (TPSA) is 108 Å². The number of carbonyl (C=O) groups is 2. The Morgan fingerprint density at radius 1 is 1.14 bits per heavy atom. The molecule has 2 fully saturated rings. The van der Waals surface area contributed by atoms with Gasteiger partial charge in [-0.1, -0.05) is 6.42 Å². The monoisotopic (exact) mass is 423 g/mol. The standard InChI is InChI=1S/C20H25NO7S/c22-18(12-26-19(23)10-14-6-9-29(24,25)13-14)21-15-4-5-16-17(11-15)28-20(27-16)7-2-1-3-8-20/h4-5,11,14H,1-3,6-10,12-13H2,(H,21,22)/t14-/m0/s1. The van der Waals surface area contributed by atoms with Gasteiger partial charge in [-0.05, 0) is 37.3 Å². The number of rotatable bonds is 5. The normalized spacial score (nSPS) is 23.7. The molecule has 1 aliphatic carbocycles. The first kappa shape index (κ1) is 20.0. The number of hydrogen-bond donors (Lipinski definition) is 1. The molecular weight excluding hydrogens is 398 g/mol. The number of hydrogen-bond acceptors (Lipinski definition) is 7. The molecular formula is C20H25NO7S. The van der Waals surface area contributed by atoms with E-state index in [4.69, 9.17) is 14.2 Å². The average molecular weight is 423 g/mol. The van der Waals surface area contributed by atoms with Crippen molar-refractivity contribution < 1.29 is 32.2 Å². The molecule has 1 spiro atoms. The van der Waals surface area contributed by atoms with Crippen LogP contribution in [0.15, 0.2) is 18.2 Å². The third-order valence-electron chi connectivity index (χ3n) is 5.58. The van der Waals surface area contributed by atoms with Crippen molar-refractivity contribution in [2.45, 2.75) is 50.7 Å². The van der Waals surface area contributed by atoms with Crippen molar-refractivity contribution in [1.82, 2.24) is 0 Å². The zero-order valence-corrected chi connectivity index (χ0v) is 17.0. The molecule has 0 aromatic heterocycles. The third kappa shape index (κ3) is 4.83. The van der Waals surface area contributed by atoms with Crippen LogP contribution >= 0.6 is 0 Å². The van der Waals surface area contributed by atoms with Gasteiger partial charge in [-0.3, -0.25) is 9.59 Å². The van der Waals surface area contributed by atoms with E-state index in [1.165, 1.54) is 6.42 Å². The molecule has 4 rings (SSSR count). The van der Waals surface area contributed by atoms with E-state index in [-0.39, 0.29) is 23.8 Å². The summed E-state index contributed by atoms with van der Waals surface area (Å²) in [6.45, 7) is -0.420. The fraction of sp³-hybridized carbons (Fsp3) is 0.600. The average Bonchev–Trinajstić information content (AvgIpc) is 3.19. The molecule has 158 valence electrons. The van der Waals surface area contributed by atoms with Gasteiger partial charge in [0.05, 0.1) is 11.5 Å². The van der Waals surface area contributed by atoms with Gasteiger partial charge in [-0.15, -0.1) is 0 Å². The first-order valence-corrected chi connectivity index (χ1v) is 11.8. The van der Waals surface area contributed by atoms with Crippen LogP contribution in [0.5, 0.6) is 11.5 Å². The molecule has 0 unspecified atom stereocenters. The molecule has 2 aliphatic heterocycles. The molecule has 29 heavy (non-hydrogen) atoms. The highest BCUT2D eigenvalue weighted by molar-refractivity contribution is 7.91. The van der Waals surface area contributed by atoms with E-state index in [9.17, 15) is 18.0 Å². The van der Waals surface area contributed by atoms with Gasteiger partial charge in [0.25, 0.3) is 11.7 Å². The number of carbonyl (C=O) groups excluding carboxylic acids is 2. The van der Waals surface area contributed by atoms with Crippen LogP contribution in [0.25, 0.3) is 0 Å². The number of nitrogens with one attached hydrogen (secondary N) is 1. The minimum absolute atomic E-state index is 0.00693. The zero-order valence-electron chi connectivity index (χ0n) is 16.1. The molecule has 3 aliphatic rings. The Kier molecular flexibility index (Phi) is 5.42. The van der Waals surface area contributed by atoms with Crippen LogP contribution in [0, 0.1) is 5.92 Å². The fourth-order valence-electron chi connectivity index (χ4n) is 4.14. The number of ether oxygens (including phenoxy) is 3. The summed E-state index contributed by atoms with van der Waals surface area (Å²) < 4.78 is 39.9. The van der Waals surface area contributed by atoms with Gasteiger partial charge < -0.3 is 19.5 Å². The summed E-state index contributed by atoms with van der Waals surface area (Å²) in [7, 11) is -3.04. The molecule has 2 heterocycles. The van der Waals surface area contributed by atoms with E-state index in [2.05, 4.69) is 5.32 Å².